The van der Waals surface area contributed by atoms with Gasteiger partial charge in [-0.1, -0.05) is 22.0 Å². The van der Waals surface area contributed by atoms with Crippen LogP contribution >= 0.6 is 15.9 Å². The number of hydrogen-bond acceptors (Lipinski definition) is 2. The zero-order valence-electron chi connectivity index (χ0n) is 7.64. The molecule has 1 aromatic heterocycles. The van der Waals surface area contributed by atoms with Gasteiger partial charge in [-0.05, 0) is 18.2 Å². The lowest BCUT2D eigenvalue weighted by atomic mass is 10.3. The third-order valence-electron chi connectivity index (χ3n) is 1.71. The normalized spacial score (nSPS) is 10.1. The largest absolute Gasteiger partial charge is 0.454 e. The number of nitrogens with zero attached hydrogens (tertiary/aromatic N) is 2. The summed E-state index contributed by atoms with van der Waals surface area (Å²) in [7, 11) is 1.85. The predicted molar refractivity (Wildman–Crippen MR) is 57.4 cm³/mol. The van der Waals surface area contributed by atoms with Crippen LogP contribution in [0.25, 0.3) is 0 Å². The number of rotatable bonds is 2. The lowest BCUT2D eigenvalue weighted by molar-refractivity contribution is 0.481. The molecule has 2 aromatic rings. The van der Waals surface area contributed by atoms with Gasteiger partial charge in [-0.15, -0.1) is 0 Å². The van der Waals surface area contributed by atoms with E-state index in [0.29, 0.717) is 0 Å². The summed E-state index contributed by atoms with van der Waals surface area (Å²) in [5.74, 6) is 1.54. The number of aryl methyl sites for hydroxylation is 1. The van der Waals surface area contributed by atoms with Crippen molar-refractivity contribution < 1.29 is 4.74 Å². The molecule has 1 aromatic carbocycles. The second-order valence-electron chi connectivity index (χ2n) is 2.91. The molecule has 2 rings (SSSR count). The third-order valence-corrected chi connectivity index (χ3v) is 2.21. The van der Waals surface area contributed by atoms with E-state index in [9.17, 15) is 0 Å². The van der Waals surface area contributed by atoms with Crippen LogP contribution in [0.4, 0.5) is 0 Å². The highest BCUT2D eigenvalue weighted by Crippen LogP contribution is 2.23. The van der Waals surface area contributed by atoms with E-state index in [0.717, 1.165) is 16.0 Å². The van der Waals surface area contributed by atoms with Crippen molar-refractivity contribution >= 4 is 15.9 Å². The van der Waals surface area contributed by atoms with Crippen molar-refractivity contribution in [2.75, 3.05) is 0 Å². The molecule has 0 spiro atoms. The molecular formula is C10H9BrN2O. The molecule has 1 heterocycles. The molecule has 0 amide bonds. The van der Waals surface area contributed by atoms with Gasteiger partial charge >= 0.3 is 0 Å². The molecule has 0 N–H and O–H groups in total. The molecule has 0 atom stereocenters. The summed E-state index contributed by atoms with van der Waals surface area (Å²) in [6, 6.07) is 7.69. The van der Waals surface area contributed by atoms with Gasteiger partial charge in [0.1, 0.15) is 5.75 Å². The van der Waals surface area contributed by atoms with Crippen molar-refractivity contribution in [1.29, 1.82) is 0 Å². The highest BCUT2D eigenvalue weighted by Gasteiger charge is 1.99. The minimum Gasteiger partial charge on any atom is -0.454 e. The maximum absolute atomic E-state index is 5.57. The van der Waals surface area contributed by atoms with E-state index < -0.39 is 0 Å². The van der Waals surface area contributed by atoms with Crippen LogP contribution in [0.15, 0.2) is 41.1 Å². The Hall–Kier alpha value is -1.29. The summed E-state index contributed by atoms with van der Waals surface area (Å²) in [6.45, 7) is 0. The second kappa shape index (κ2) is 3.84. The first-order chi connectivity index (χ1) is 6.74. The first kappa shape index (κ1) is 9.27. The summed E-state index contributed by atoms with van der Waals surface area (Å²) >= 11 is 3.38. The fourth-order valence-corrected chi connectivity index (χ4v) is 1.50. The molecule has 0 saturated carbocycles. The second-order valence-corrected chi connectivity index (χ2v) is 3.82. The van der Waals surface area contributed by atoms with Gasteiger partial charge in [0.2, 0.25) is 0 Å². The fraction of sp³-hybridized carbons (Fsp3) is 0.100. The molecule has 4 heteroatoms. The lowest BCUT2D eigenvalue weighted by Gasteiger charge is -2.01. The number of hydrogen-bond donors (Lipinski definition) is 0. The van der Waals surface area contributed by atoms with Gasteiger partial charge in [-0.25, -0.2) is 0 Å². The standard InChI is InChI=1S/C10H9BrN2O/c1-13-7-10(6-12-13)14-9-4-2-3-8(11)5-9/h2-7H,1H3. The van der Waals surface area contributed by atoms with Crippen molar-refractivity contribution in [3.05, 3.63) is 41.1 Å². The van der Waals surface area contributed by atoms with Gasteiger partial charge in [0.05, 0.1) is 12.4 Å². The molecule has 0 aliphatic carbocycles. The molecule has 14 heavy (non-hydrogen) atoms. The summed E-state index contributed by atoms with van der Waals surface area (Å²) < 4.78 is 8.27. The van der Waals surface area contributed by atoms with Gasteiger partial charge in [0, 0.05) is 11.5 Å². The minimum absolute atomic E-state index is 0.741. The van der Waals surface area contributed by atoms with Crippen molar-refractivity contribution in [2.24, 2.45) is 7.05 Å². The average molecular weight is 253 g/mol. The van der Waals surface area contributed by atoms with Crippen LogP contribution in [0.1, 0.15) is 0 Å². The lowest BCUT2D eigenvalue weighted by Crippen LogP contribution is -1.84. The molecule has 0 aliphatic heterocycles. The van der Waals surface area contributed by atoms with Gasteiger partial charge in [0.15, 0.2) is 5.75 Å². The molecule has 0 aliphatic rings. The molecular weight excluding hydrogens is 244 g/mol. The first-order valence-electron chi connectivity index (χ1n) is 4.16. The Balaban J connectivity index is 2.18. The maximum atomic E-state index is 5.57. The van der Waals surface area contributed by atoms with Crippen molar-refractivity contribution in [3.63, 3.8) is 0 Å². The Morgan fingerprint density at radius 1 is 1.36 bits per heavy atom. The van der Waals surface area contributed by atoms with Crippen molar-refractivity contribution in [2.45, 2.75) is 0 Å². The number of benzene rings is 1. The highest BCUT2D eigenvalue weighted by molar-refractivity contribution is 9.10. The predicted octanol–water partition coefficient (Wildman–Crippen LogP) is 2.97. The summed E-state index contributed by atoms with van der Waals surface area (Å²) in [5, 5.41) is 4.02. The minimum atomic E-state index is 0.741. The van der Waals surface area contributed by atoms with Crippen LogP contribution in [0, 0.1) is 0 Å². The van der Waals surface area contributed by atoms with E-state index in [-0.39, 0.29) is 0 Å². The van der Waals surface area contributed by atoms with E-state index in [1.165, 1.54) is 0 Å². The van der Waals surface area contributed by atoms with E-state index in [1.807, 2.05) is 37.5 Å². The summed E-state index contributed by atoms with van der Waals surface area (Å²) in [4.78, 5) is 0. The van der Waals surface area contributed by atoms with Crippen LogP contribution in [-0.4, -0.2) is 9.78 Å². The van der Waals surface area contributed by atoms with Crippen LogP contribution in [0.3, 0.4) is 0 Å². The fourth-order valence-electron chi connectivity index (χ4n) is 1.12. The first-order valence-corrected chi connectivity index (χ1v) is 4.95. The zero-order chi connectivity index (χ0) is 9.97. The van der Waals surface area contributed by atoms with Crippen LogP contribution in [-0.2, 0) is 7.05 Å². The van der Waals surface area contributed by atoms with Crippen molar-refractivity contribution in [1.82, 2.24) is 9.78 Å². The Morgan fingerprint density at radius 3 is 2.86 bits per heavy atom. The quantitative estimate of drug-likeness (QED) is 0.822. The van der Waals surface area contributed by atoms with E-state index in [4.69, 9.17) is 4.74 Å². The Kier molecular flexibility index (Phi) is 2.54. The Bertz CT molecular complexity index is 439. The highest BCUT2D eigenvalue weighted by atomic mass is 79.9. The van der Waals surface area contributed by atoms with Crippen LogP contribution in [0.2, 0.25) is 0 Å². The Morgan fingerprint density at radius 2 is 2.21 bits per heavy atom. The van der Waals surface area contributed by atoms with Crippen LogP contribution < -0.4 is 4.74 Å². The van der Waals surface area contributed by atoms with E-state index in [2.05, 4.69) is 21.0 Å². The molecule has 0 saturated heterocycles. The molecule has 0 fully saturated rings. The summed E-state index contributed by atoms with van der Waals surface area (Å²) in [6.07, 6.45) is 3.50. The average Bonchev–Trinajstić information content (AvgIpc) is 2.51. The maximum Gasteiger partial charge on any atom is 0.165 e. The SMILES string of the molecule is Cn1cc(Oc2cccc(Br)c2)cn1. The molecule has 0 unspecified atom stereocenters. The van der Waals surface area contributed by atoms with Gasteiger partial charge in [-0.3, -0.25) is 4.68 Å². The monoisotopic (exact) mass is 252 g/mol. The molecule has 72 valence electrons. The van der Waals surface area contributed by atoms with Gasteiger partial charge < -0.3 is 4.74 Å². The molecule has 0 radical (unpaired) electrons. The zero-order valence-corrected chi connectivity index (χ0v) is 9.23. The molecule has 0 bridgehead atoms. The van der Waals surface area contributed by atoms with Gasteiger partial charge in [0.25, 0.3) is 0 Å². The smallest absolute Gasteiger partial charge is 0.165 e. The van der Waals surface area contributed by atoms with E-state index in [1.54, 1.807) is 10.9 Å². The topological polar surface area (TPSA) is 27.1 Å². The van der Waals surface area contributed by atoms with Crippen LogP contribution in [0.5, 0.6) is 11.5 Å². The Labute approximate surface area is 90.4 Å². The van der Waals surface area contributed by atoms with E-state index >= 15 is 0 Å². The van der Waals surface area contributed by atoms with Crippen molar-refractivity contribution in [3.8, 4) is 11.5 Å². The number of aromatic nitrogens is 2. The van der Waals surface area contributed by atoms with Gasteiger partial charge in [-0.2, -0.15) is 5.10 Å². The number of halogens is 1. The molecule has 3 nitrogen and oxygen atoms in total. The number of ether oxygens (including phenoxy) is 1. The summed E-state index contributed by atoms with van der Waals surface area (Å²) in [5.41, 5.74) is 0. The third kappa shape index (κ3) is 2.14.